The molecule has 1 aromatic carbocycles. The summed E-state index contributed by atoms with van der Waals surface area (Å²) < 4.78 is 0. The molecule has 0 saturated carbocycles. The van der Waals surface area contributed by atoms with E-state index >= 15 is 0 Å². The number of hydrogen-bond acceptors (Lipinski definition) is 6. The van der Waals surface area contributed by atoms with Crippen molar-refractivity contribution in [3.8, 4) is 0 Å². The topological polar surface area (TPSA) is 110 Å². The third-order valence-electron chi connectivity index (χ3n) is 3.49. The highest BCUT2D eigenvalue weighted by Crippen LogP contribution is 2.30. The van der Waals surface area contributed by atoms with Crippen molar-refractivity contribution in [2.24, 2.45) is 0 Å². The Kier molecular flexibility index (Phi) is 4.14. The average Bonchev–Trinajstić information content (AvgIpc) is 2.41. The highest BCUT2D eigenvalue weighted by Gasteiger charge is 2.25. The molecule has 2 atom stereocenters. The van der Waals surface area contributed by atoms with Gasteiger partial charge in [0.2, 0.25) is 0 Å². The fourth-order valence-electron chi connectivity index (χ4n) is 2.35. The van der Waals surface area contributed by atoms with Crippen LogP contribution in [0.25, 0.3) is 0 Å². The van der Waals surface area contributed by atoms with E-state index in [1.165, 1.54) is 12.1 Å². The van der Waals surface area contributed by atoms with Crippen LogP contribution in [0.1, 0.15) is 19.8 Å². The summed E-state index contributed by atoms with van der Waals surface area (Å²) in [4.78, 5) is 20.5. The van der Waals surface area contributed by atoms with Crippen molar-refractivity contribution >= 4 is 17.1 Å². The molecule has 0 amide bonds. The minimum absolute atomic E-state index is 0.0731. The van der Waals surface area contributed by atoms with E-state index in [9.17, 15) is 20.2 Å². The van der Waals surface area contributed by atoms with Crippen LogP contribution in [-0.4, -0.2) is 28.5 Å². The van der Waals surface area contributed by atoms with E-state index in [1.54, 1.807) is 0 Å². The van der Waals surface area contributed by atoms with E-state index in [4.69, 9.17) is 0 Å². The summed E-state index contributed by atoms with van der Waals surface area (Å²) in [6, 6.07) is 3.93. The lowest BCUT2D eigenvalue weighted by atomic mass is 9.99. The Labute approximate surface area is 115 Å². The van der Waals surface area contributed by atoms with Crippen LogP contribution in [0.15, 0.2) is 18.2 Å². The van der Waals surface area contributed by atoms with Crippen molar-refractivity contribution in [1.82, 2.24) is 5.32 Å². The van der Waals surface area contributed by atoms with E-state index < -0.39 is 9.85 Å². The predicted molar refractivity (Wildman–Crippen MR) is 73.9 cm³/mol. The summed E-state index contributed by atoms with van der Waals surface area (Å²) >= 11 is 0. The lowest BCUT2D eigenvalue weighted by Gasteiger charge is -2.31. The van der Waals surface area contributed by atoms with Crippen LogP contribution in [0.3, 0.4) is 0 Å². The largest absolute Gasteiger partial charge is 0.375 e. The van der Waals surface area contributed by atoms with Gasteiger partial charge in [-0.05, 0) is 32.4 Å². The molecule has 1 aliphatic rings. The van der Waals surface area contributed by atoms with E-state index in [1.807, 2.05) is 6.92 Å². The molecule has 2 unspecified atom stereocenters. The smallest absolute Gasteiger partial charge is 0.299 e. The minimum Gasteiger partial charge on any atom is -0.375 e. The molecule has 2 rings (SSSR count). The second-order valence-electron chi connectivity index (χ2n) is 4.85. The number of nitro benzene ring substituents is 2. The van der Waals surface area contributed by atoms with E-state index in [0.29, 0.717) is 5.69 Å². The zero-order valence-electron chi connectivity index (χ0n) is 11.0. The lowest BCUT2D eigenvalue weighted by molar-refractivity contribution is -0.393. The zero-order chi connectivity index (χ0) is 14.7. The van der Waals surface area contributed by atoms with Crippen LogP contribution in [-0.2, 0) is 0 Å². The molecule has 0 aromatic heterocycles. The summed E-state index contributed by atoms with van der Waals surface area (Å²) in [7, 11) is 0. The Balaban J connectivity index is 2.26. The summed E-state index contributed by atoms with van der Waals surface area (Å²) in [5.41, 5.74) is -0.227. The molecule has 8 nitrogen and oxygen atoms in total. The molecule has 1 aliphatic heterocycles. The summed E-state index contributed by atoms with van der Waals surface area (Å²) in [6.45, 7) is 2.94. The molecule has 1 aromatic rings. The van der Waals surface area contributed by atoms with Crippen LogP contribution in [0, 0.1) is 20.2 Å². The van der Waals surface area contributed by atoms with Gasteiger partial charge in [-0.25, -0.2) is 0 Å². The molecule has 1 fully saturated rings. The van der Waals surface area contributed by atoms with E-state index in [-0.39, 0.29) is 23.5 Å². The summed E-state index contributed by atoms with van der Waals surface area (Å²) in [5.74, 6) is 0. The molecule has 0 bridgehead atoms. The Morgan fingerprint density at radius 3 is 2.65 bits per heavy atom. The second kappa shape index (κ2) is 5.83. The van der Waals surface area contributed by atoms with Crippen LogP contribution in [0.5, 0.6) is 0 Å². The number of non-ortho nitro benzene ring substituents is 1. The number of benzene rings is 1. The van der Waals surface area contributed by atoms with Crippen molar-refractivity contribution in [2.75, 3.05) is 11.9 Å². The maximum Gasteiger partial charge on any atom is 0.299 e. The van der Waals surface area contributed by atoms with Gasteiger partial charge in [0.25, 0.3) is 11.4 Å². The first-order valence-corrected chi connectivity index (χ1v) is 6.42. The fraction of sp³-hybridized carbons (Fsp3) is 0.500. The normalized spacial score (nSPS) is 22.2. The Morgan fingerprint density at radius 2 is 2.05 bits per heavy atom. The molecular formula is C12H16N4O4. The number of nitrogens with one attached hydrogen (secondary N) is 2. The highest BCUT2D eigenvalue weighted by atomic mass is 16.6. The van der Waals surface area contributed by atoms with Gasteiger partial charge >= 0.3 is 0 Å². The molecule has 0 aliphatic carbocycles. The van der Waals surface area contributed by atoms with Gasteiger partial charge in [-0.2, -0.15) is 0 Å². The molecule has 0 radical (unpaired) electrons. The Morgan fingerprint density at radius 1 is 1.30 bits per heavy atom. The van der Waals surface area contributed by atoms with Gasteiger partial charge in [-0.3, -0.25) is 20.2 Å². The minimum atomic E-state index is -0.637. The molecule has 1 saturated heterocycles. The molecule has 20 heavy (non-hydrogen) atoms. The second-order valence-corrected chi connectivity index (χ2v) is 4.85. The first-order valence-electron chi connectivity index (χ1n) is 6.42. The highest BCUT2D eigenvalue weighted by molar-refractivity contribution is 5.65. The van der Waals surface area contributed by atoms with Gasteiger partial charge in [-0.1, -0.05) is 0 Å². The number of anilines is 1. The van der Waals surface area contributed by atoms with Crippen molar-refractivity contribution < 1.29 is 9.85 Å². The van der Waals surface area contributed by atoms with Gasteiger partial charge in [0.1, 0.15) is 5.69 Å². The standard InChI is InChI=1S/C12H16N4O4/c1-8-10(3-2-6-13-8)14-11-5-4-9(15(17)18)7-12(11)16(19)20/h4-5,7-8,10,13-14H,2-3,6H2,1H3. The molecule has 0 spiro atoms. The lowest BCUT2D eigenvalue weighted by Crippen LogP contribution is -2.46. The molecule has 2 N–H and O–H groups in total. The van der Waals surface area contributed by atoms with Crippen molar-refractivity contribution in [1.29, 1.82) is 0 Å². The van der Waals surface area contributed by atoms with Gasteiger partial charge < -0.3 is 10.6 Å². The van der Waals surface area contributed by atoms with Gasteiger partial charge in [0.15, 0.2) is 0 Å². The van der Waals surface area contributed by atoms with Gasteiger partial charge in [-0.15, -0.1) is 0 Å². The monoisotopic (exact) mass is 280 g/mol. The van der Waals surface area contributed by atoms with Gasteiger partial charge in [0, 0.05) is 18.2 Å². The van der Waals surface area contributed by atoms with Crippen molar-refractivity contribution in [2.45, 2.75) is 31.8 Å². The number of nitrogens with zero attached hydrogens (tertiary/aromatic N) is 2. The quantitative estimate of drug-likeness (QED) is 0.645. The molecule has 8 heteroatoms. The van der Waals surface area contributed by atoms with Gasteiger partial charge in [0.05, 0.1) is 15.9 Å². The van der Waals surface area contributed by atoms with E-state index in [2.05, 4.69) is 10.6 Å². The molecule has 108 valence electrons. The van der Waals surface area contributed by atoms with Crippen LogP contribution >= 0.6 is 0 Å². The van der Waals surface area contributed by atoms with Crippen molar-refractivity contribution in [3.05, 3.63) is 38.4 Å². The van der Waals surface area contributed by atoms with E-state index in [0.717, 1.165) is 25.5 Å². The predicted octanol–water partition coefficient (Wildman–Crippen LogP) is 2.06. The maximum atomic E-state index is 11.0. The number of nitro groups is 2. The average molecular weight is 280 g/mol. The first-order chi connectivity index (χ1) is 9.49. The zero-order valence-corrected chi connectivity index (χ0v) is 11.0. The number of hydrogen-bond donors (Lipinski definition) is 2. The maximum absolute atomic E-state index is 11.0. The van der Waals surface area contributed by atoms with Crippen LogP contribution in [0.2, 0.25) is 0 Å². The Bertz CT molecular complexity index is 534. The number of piperidine rings is 1. The molecule has 1 heterocycles. The summed E-state index contributed by atoms with van der Waals surface area (Å²) in [6.07, 6.45) is 1.89. The third-order valence-corrected chi connectivity index (χ3v) is 3.49. The SMILES string of the molecule is CC1NCCCC1Nc1ccc([N+](=O)[O-])cc1[N+](=O)[O-]. The van der Waals surface area contributed by atoms with Crippen LogP contribution < -0.4 is 10.6 Å². The third kappa shape index (κ3) is 3.02. The Hall–Kier alpha value is -2.22. The molecular weight excluding hydrogens is 264 g/mol. The van der Waals surface area contributed by atoms with Crippen LogP contribution in [0.4, 0.5) is 17.1 Å². The fourth-order valence-corrected chi connectivity index (χ4v) is 2.35. The van der Waals surface area contributed by atoms with Crippen molar-refractivity contribution in [3.63, 3.8) is 0 Å². The first kappa shape index (κ1) is 14.2. The summed E-state index contributed by atoms with van der Waals surface area (Å²) in [5, 5.41) is 28.1. The number of rotatable bonds is 4.